The zero-order valence-electron chi connectivity index (χ0n) is 11.1. The van der Waals surface area contributed by atoms with Gasteiger partial charge >= 0.3 is 0 Å². The van der Waals surface area contributed by atoms with Crippen molar-refractivity contribution < 1.29 is 0 Å². The van der Waals surface area contributed by atoms with Crippen LogP contribution in [-0.2, 0) is 0 Å². The topological polar surface area (TPSA) is 18.5 Å². The van der Waals surface area contributed by atoms with E-state index in [4.69, 9.17) is 0 Å². The molecule has 3 atom stereocenters. The fraction of sp³-hybridized carbons (Fsp3) is 1.00. The van der Waals surface area contributed by atoms with E-state index in [1.807, 2.05) is 0 Å². The van der Waals surface area contributed by atoms with Crippen LogP contribution < -0.4 is 5.32 Å². The Hall–Kier alpha value is -0.120. The van der Waals surface area contributed by atoms with E-state index in [9.17, 15) is 0 Å². The van der Waals surface area contributed by atoms with Gasteiger partial charge in [-0.15, -0.1) is 0 Å². The van der Waals surface area contributed by atoms with Crippen LogP contribution in [0.3, 0.4) is 0 Å². The second kappa shape index (κ2) is 5.48. The maximum Gasteiger partial charge on any atom is 0.0223 e. The molecule has 0 amide bonds. The molecule has 2 aliphatic rings. The predicted molar refractivity (Wildman–Crippen MR) is 68.7 cm³/mol. The smallest absolute Gasteiger partial charge is 0.0223 e. The Labute approximate surface area is 100 Å². The van der Waals surface area contributed by atoms with Crippen LogP contribution in [0.5, 0.6) is 0 Å². The molecule has 0 aromatic heterocycles. The van der Waals surface area contributed by atoms with Crippen LogP contribution >= 0.6 is 0 Å². The van der Waals surface area contributed by atoms with Gasteiger partial charge in [0.25, 0.3) is 0 Å². The molecular formula is C13H27N3. The number of likely N-dealkylation sites (tertiary alicyclic amines) is 1. The van der Waals surface area contributed by atoms with E-state index >= 15 is 0 Å². The van der Waals surface area contributed by atoms with Crippen molar-refractivity contribution in [3.8, 4) is 0 Å². The minimum atomic E-state index is 0.808. The van der Waals surface area contributed by atoms with Gasteiger partial charge in [-0.2, -0.15) is 0 Å². The maximum atomic E-state index is 3.51. The van der Waals surface area contributed by atoms with Crippen molar-refractivity contribution in [1.29, 1.82) is 0 Å². The van der Waals surface area contributed by atoms with Crippen molar-refractivity contribution in [2.75, 3.05) is 46.8 Å². The first-order valence-electron chi connectivity index (χ1n) is 6.76. The number of likely N-dealkylation sites (N-methyl/N-ethyl adjacent to an activating group) is 1. The lowest BCUT2D eigenvalue weighted by Gasteiger charge is -2.30. The summed E-state index contributed by atoms with van der Waals surface area (Å²) < 4.78 is 0. The number of hydrogen-bond acceptors (Lipinski definition) is 3. The second-order valence-corrected chi connectivity index (χ2v) is 5.95. The summed E-state index contributed by atoms with van der Waals surface area (Å²) in [7, 11) is 4.38. The lowest BCUT2D eigenvalue weighted by Crippen LogP contribution is -2.41. The first-order chi connectivity index (χ1) is 7.66. The summed E-state index contributed by atoms with van der Waals surface area (Å²) >= 11 is 0. The van der Waals surface area contributed by atoms with E-state index in [-0.39, 0.29) is 0 Å². The van der Waals surface area contributed by atoms with Crippen LogP contribution in [-0.4, -0.2) is 62.7 Å². The molecule has 2 rings (SSSR count). The highest BCUT2D eigenvalue weighted by Gasteiger charge is 2.30. The largest absolute Gasteiger partial charge is 0.316 e. The van der Waals surface area contributed by atoms with Gasteiger partial charge in [0.15, 0.2) is 0 Å². The summed E-state index contributed by atoms with van der Waals surface area (Å²) in [6.45, 7) is 8.70. The molecule has 16 heavy (non-hydrogen) atoms. The zero-order chi connectivity index (χ0) is 11.5. The quantitative estimate of drug-likeness (QED) is 0.766. The lowest BCUT2D eigenvalue weighted by atomic mass is 9.97. The summed E-state index contributed by atoms with van der Waals surface area (Å²) in [5, 5.41) is 3.51. The molecule has 0 aromatic carbocycles. The molecule has 2 fully saturated rings. The van der Waals surface area contributed by atoms with E-state index < -0.39 is 0 Å². The van der Waals surface area contributed by atoms with Crippen LogP contribution in [0.25, 0.3) is 0 Å². The summed E-state index contributed by atoms with van der Waals surface area (Å²) in [5.41, 5.74) is 0. The number of nitrogens with zero attached hydrogens (tertiary/aromatic N) is 2. The first-order valence-corrected chi connectivity index (χ1v) is 6.76. The second-order valence-electron chi connectivity index (χ2n) is 5.95. The van der Waals surface area contributed by atoms with Gasteiger partial charge in [0.05, 0.1) is 0 Å². The molecule has 0 radical (unpaired) electrons. The van der Waals surface area contributed by atoms with Crippen molar-refractivity contribution in [1.82, 2.24) is 15.1 Å². The van der Waals surface area contributed by atoms with Crippen molar-refractivity contribution in [2.24, 2.45) is 11.8 Å². The Morgan fingerprint density at radius 1 is 1.31 bits per heavy atom. The molecule has 3 heteroatoms. The number of nitrogens with one attached hydrogen (secondary N) is 1. The first kappa shape index (κ1) is 12.3. The molecule has 0 aliphatic carbocycles. The molecule has 0 aromatic rings. The molecule has 0 spiro atoms. The van der Waals surface area contributed by atoms with Gasteiger partial charge in [-0.25, -0.2) is 0 Å². The summed E-state index contributed by atoms with van der Waals surface area (Å²) in [4.78, 5) is 5.06. The van der Waals surface area contributed by atoms with Crippen molar-refractivity contribution in [3.63, 3.8) is 0 Å². The molecule has 1 N–H and O–H groups in total. The molecule has 2 aliphatic heterocycles. The Balaban J connectivity index is 1.83. The number of hydrogen-bond donors (Lipinski definition) is 1. The molecule has 1 unspecified atom stereocenters. The Bertz CT molecular complexity index is 217. The van der Waals surface area contributed by atoms with Crippen LogP contribution in [0, 0.1) is 11.8 Å². The van der Waals surface area contributed by atoms with E-state index in [1.54, 1.807) is 0 Å². The summed E-state index contributed by atoms with van der Waals surface area (Å²) in [5.74, 6) is 1.74. The lowest BCUT2D eigenvalue weighted by molar-refractivity contribution is 0.174. The average Bonchev–Trinajstić information content (AvgIpc) is 2.78. The predicted octanol–water partition coefficient (Wildman–Crippen LogP) is 0.868. The number of rotatable bonds is 4. The molecule has 0 bridgehead atoms. The van der Waals surface area contributed by atoms with Gasteiger partial charge in [0.2, 0.25) is 0 Å². The molecule has 2 heterocycles. The van der Waals surface area contributed by atoms with Gasteiger partial charge in [-0.05, 0) is 58.4 Å². The third-order valence-electron chi connectivity index (χ3n) is 4.22. The third-order valence-corrected chi connectivity index (χ3v) is 4.22. The van der Waals surface area contributed by atoms with E-state index in [0.717, 1.165) is 17.9 Å². The Kier molecular flexibility index (Phi) is 4.22. The Morgan fingerprint density at radius 2 is 2.12 bits per heavy atom. The maximum absolute atomic E-state index is 3.51. The van der Waals surface area contributed by atoms with Gasteiger partial charge in [0, 0.05) is 19.1 Å². The van der Waals surface area contributed by atoms with E-state index in [0.29, 0.717) is 0 Å². The standard InChI is InChI=1S/C13H27N3/c1-11-7-14-8-12(11)9-16-6-4-5-13(16)10-15(2)3/h11-14H,4-10H2,1-3H3/t11-,12+,13?/m1/s1. The van der Waals surface area contributed by atoms with Crippen LogP contribution in [0.2, 0.25) is 0 Å². The van der Waals surface area contributed by atoms with Gasteiger partial charge in [-0.3, -0.25) is 4.90 Å². The van der Waals surface area contributed by atoms with Gasteiger partial charge in [0.1, 0.15) is 0 Å². The zero-order valence-corrected chi connectivity index (χ0v) is 11.1. The van der Waals surface area contributed by atoms with E-state index in [2.05, 4.69) is 36.1 Å². The monoisotopic (exact) mass is 225 g/mol. The molecular weight excluding hydrogens is 198 g/mol. The highest BCUT2D eigenvalue weighted by Crippen LogP contribution is 2.23. The molecule has 0 saturated carbocycles. The van der Waals surface area contributed by atoms with Crippen LogP contribution in [0.4, 0.5) is 0 Å². The molecule has 94 valence electrons. The summed E-state index contributed by atoms with van der Waals surface area (Å²) in [6, 6.07) is 0.808. The highest BCUT2D eigenvalue weighted by atomic mass is 15.2. The SMILES string of the molecule is C[C@@H]1CNC[C@H]1CN1CCCC1CN(C)C. The van der Waals surface area contributed by atoms with Crippen LogP contribution in [0.15, 0.2) is 0 Å². The highest BCUT2D eigenvalue weighted by molar-refractivity contribution is 4.86. The third kappa shape index (κ3) is 2.96. The van der Waals surface area contributed by atoms with Crippen LogP contribution in [0.1, 0.15) is 19.8 Å². The minimum Gasteiger partial charge on any atom is -0.316 e. The molecule has 3 nitrogen and oxygen atoms in total. The normalized spacial score (nSPS) is 36.4. The summed E-state index contributed by atoms with van der Waals surface area (Å²) in [6.07, 6.45) is 2.79. The van der Waals surface area contributed by atoms with Crippen molar-refractivity contribution in [2.45, 2.75) is 25.8 Å². The fourth-order valence-corrected chi connectivity index (χ4v) is 3.17. The van der Waals surface area contributed by atoms with E-state index in [1.165, 1.54) is 45.6 Å². The van der Waals surface area contributed by atoms with Gasteiger partial charge < -0.3 is 10.2 Å². The fourth-order valence-electron chi connectivity index (χ4n) is 3.17. The van der Waals surface area contributed by atoms with Crippen molar-refractivity contribution >= 4 is 0 Å². The van der Waals surface area contributed by atoms with Crippen molar-refractivity contribution in [3.05, 3.63) is 0 Å². The minimum absolute atomic E-state index is 0.808. The Morgan fingerprint density at radius 3 is 2.75 bits per heavy atom. The van der Waals surface area contributed by atoms with Gasteiger partial charge in [-0.1, -0.05) is 6.92 Å². The molecule has 2 saturated heterocycles. The average molecular weight is 225 g/mol.